The number of methoxy groups -OCH3 is 1. The molecule has 1 amide bonds. The average Bonchev–Trinajstić information content (AvgIpc) is 2.80. The molecule has 1 heterocycles. The molecule has 0 unspecified atom stereocenters. The first kappa shape index (κ1) is 13.6. The lowest BCUT2D eigenvalue weighted by molar-refractivity contribution is -0.140. The number of amides is 1. The second-order valence-corrected chi connectivity index (χ2v) is 5.98. The third-order valence-electron chi connectivity index (χ3n) is 4.81. The Kier molecular flexibility index (Phi) is 4.06. The Bertz CT molecular complexity index is 455. The van der Waals surface area contributed by atoms with Crippen molar-refractivity contribution in [3.05, 3.63) is 35.9 Å². The van der Waals surface area contributed by atoms with Crippen LogP contribution in [-0.2, 0) is 16.0 Å². The minimum atomic E-state index is 0.180. The van der Waals surface area contributed by atoms with Crippen molar-refractivity contribution in [1.82, 2.24) is 4.90 Å². The maximum atomic E-state index is 12.6. The Labute approximate surface area is 120 Å². The summed E-state index contributed by atoms with van der Waals surface area (Å²) in [6.07, 6.45) is 5.40. The number of carbonyl (C=O) groups is 1. The van der Waals surface area contributed by atoms with Crippen molar-refractivity contribution in [2.75, 3.05) is 13.7 Å². The number of hydrogen-bond donors (Lipinski definition) is 0. The monoisotopic (exact) mass is 273 g/mol. The maximum absolute atomic E-state index is 12.6. The van der Waals surface area contributed by atoms with Crippen LogP contribution in [0.1, 0.15) is 31.2 Å². The van der Waals surface area contributed by atoms with Crippen molar-refractivity contribution in [2.24, 2.45) is 5.92 Å². The fraction of sp³-hybridized carbons (Fsp3) is 0.588. The molecule has 0 N–H and O–H groups in total. The van der Waals surface area contributed by atoms with Crippen LogP contribution in [0.15, 0.2) is 30.3 Å². The van der Waals surface area contributed by atoms with Gasteiger partial charge in [-0.3, -0.25) is 4.79 Å². The Morgan fingerprint density at radius 1 is 1.25 bits per heavy atom. The van der Waals surface area contributed by atoms with Crippen molar-refractivity contribution in [2.45, 2.75) is 44.2 Å². The van der Waals surface area contributed by atoms with Gasteiger partial charge in [-0.15, -0.1) is 0 Å². The largest absolute Gasteiger partial charge is 0.379 e. The zero-order chi connectivity index (χ0) is 13.9. The summed E-state index contributed by atoms with van der Waals surface area (Å²) in [6, 6.07) is 10.6. The molecule has 2 fully saturated rings. The fourth-order valence-electron chi connectivity index (χ4n) is 3.36. The number of hydrogen-bond acceptors (Lipinski definition) is 2. The van der Waals surface area contributed by atoms with E-state index in [0.29, 0.717) is 5.91 Å². The van der Waals surface area contributed by atoms with Crippen LogP contribution >= 0.6 is 0 Å². The van der Waals surface area contributed by atoms with Gasteiger partial charge < -0.3 is 9.64 Å². The molecule has 1 aliphatic heterocycles. The van der Waals surface area contributed by atoms with Crippen LogP contribution in [0.2, 0.25) is 0 Å². The van der Waals surface area contributed by atoms with Gasteiger partial charge in [0, 0.05) is 19.6 Å². The number of benzene rings is 1. The van der Waals surface area contributed by atoms with Gasteiger partial charge in [0.25, 0.3) is 0 Å². The number of ether oxygens (including phenoxy) is 1. The molecule has 1 saturated carbocycles. The second-order valence-electron chi connectivity index (χ2n) is 5.98. The quantitative estimate of drug-likeness (QED) is 0.844. The van der Waals surface area contributed by atoms with Gasteiger partial charge in [-0.05, 0) is 31.2 Å². The first-order valence-electron chi connectivity index (χ1n) is 7.67. The number of likely N-dealkylation sites (tertiary alicyclic amines) is 1. The molecular formula is C17H23NO2. The summed E-state index contributed by atoms with van der Waals surface area (Å²) in [6.45, 7) is 0.853. The number of carbonyl (C=O) groups excluding carboxylic acids is 1. The number of rotatable bonds is 4. The van der Waals surface area contributed by atoms with Gasteiger partial charge in [0.2, 0.25) is 5.91 Å². The molecule has 3 heteroatoms. The lowest BCUT2D eigenvalue weighted by Crippen LogP contribution is -2.45. The topological polar surface area (TPSA) is 29.5 Å². The van der Waals surface area contributed by atoms with Crippen LogP contribution in [0.4, 0.5) is 0 Å². The molecule has 108 valence electrons. The number of nitrogens with zero attached hydrogens (tertiary/aromatic N) is 1. The van der Waals surface area contributed by atoms with Crippen LogP contribution in [0.5, 0.6) is 0 Å². The van der Waals surface area contributed by atoms with Crippen LogP contribution < -0.4 is 0 Å². The van der Waals surface area contributed by atoms with Gasteiger partial charge in [-0.25, -0.2) is 0 Å². The van der Waals surface area contributed by atoms with Crippen LogP contribution in [0.3, 0.4) is 0 Å². The van der Waals surface area contributed by atoms with Crippen LogP contribution in [0.25, 0.3) is 0 Å². The highest BCUT2D eigenvalue weighted by Crippen LogP contribution is 2.32. The molecule has 0 bridgehead atoms. The standard InChI is InChI=1S/C17H23NO2/c1-20-16-10-11-18(17(19)14-8-5-9-14)15(16)12-13-6-3-2-4-7-13/h2-4,6-7,14-16H,5,8-12H2,1H3/t15-,16+/m0/s1. The molecule has 0 aromatic heterocycles. The van der Waals surface area contributed by atoms with Crippen LogP contribution in [0, 0.1) is 5.92 Å². The molecule has 2 atom stereocenters. The Morgan fingerprint density at radius 2 is 2.00 bits per heavy atom. The Hall–Kier alpha value is -1.35. The SMILES string of the molecule is CO[C@@H]1CCN(C(=O)C2CCC2)[C@H]1Cc1ccccc1. The van der Waals surface area contributed by atoms with Gasteiger partial charge in [-0.1, -0.05) is 36.8 Å². The van der Waals surface area contributed by atoms with Crippen molar-refractivity contribution < 1.29 is 9.53 Å². The van der Waals surface area contributed by atoms with E-state index in [9.17, 15) is 4.79 Å². The third-order valence-corrected chi connectivity index (χ3v) is 4.81. The van der Waals surface area contributed by atoms with E-state index >= 15 is 0 Å². The molecule has 1 saturated heterocycles. The average molecular weight is 273 g/mol. The lowest BCUT2D eigenvalue weighted by Gasteiger charge is -2.34. The highest BCUT2D eigenvalue weighted by Gasteiger charge is 2.40. The van der Waals surface area contributed by atoms with E-state index < -0.39 is 0 Å². The van der Waals surface area contributed by atoms with E-state index in [4.69, 9.17) is 4.74 Å². The van der Waals surface area contributed by atoms with E-state index in [2.05, 4.69) is 29.2 Å². The molecule has 0 spiro atoms. The van der Waals surface area contributed by atoms with Gasteiger partial charge >= 0.3 is 0 Å². The molecule has 3 rings (SSSR count). The summed E-state index contributed by atoms with van der Waals surface area (Å²) in [5, 5.41) is 0. The molecule has 1 aliphatic carbocycles. The third kappa shape index (κ3) is 2.59. The van der Waals surface area contributed by atoms with Gasteiger partial charge in [-0.2, -0.15) is 0 Å². The molecular weight excluding hydrogens is 250 g/mol. The van der Waals surface area contributed by atoms with E-state index in [0.717, 1.165) is 32.2 Å². The summed E-state index contributed by atoms with van der Waals surface area (Å²) in [5.41, 5.74) is 1.29. The summed E-state index contributed by atoms with van der Waals surface area (Å²) >= 11 is 0. The van der Waals surface area contributed by atoms with Crippen LogP contribution in [-0.4, -0.2) is 36.6 Å². The van der Waals surface area contributed by atoms with E-state index in [1.807, 2.05) is 6.07 Å². The van der Waals surface area contributed by atoms with Gasteiger partial charge in [0.15, 0.2) is 0 Å². The summed E-state index contributed by atoms with van der Waals surface area (Å²) < 4.78 is 5.61. The van der Waals surface area contributed by atoms with E-state index in [-0.39, 0.29) is 18.1 Å². The first-order chi connectivity index (χ1) is 9.79. The minimum Gasteiger partial charge on any atom is -0.379 e. The predicted molar refractivity (Wildman–Crippen MR) is 78.4 cm³/mol. The zero-order valence-corrected chi connectivity index (χ0v) is 12.1. The summed E-state index contributed by atoms with van der Waals surface area (Å²) in [7, 11) is 1.76. The lowest BCUT2D eigenvalue weighted by atomic mass is 9.84. The highest BCUT2D eigenvalue weighted by molar-refractivity contribution is 5.80. The van der Waals surface area contributed by atoms with Gasteiger partial charge in [0.05, 0.1) is 12.1 Å². The predicted octanol–water partition coefficient (Wildman–Crippen LogP) is 2.65. The normalized spacial score (nSPS) is 26.6. The summed E-state index contributed by atoms with van der Waals surface area (Å²) in [5.74, 6) is 0.639. The molecule has 0 radical (unpaired) electrons. The molecule has 1 aromatic rings. The zero-order valence-electron chi connectivity index (χ0n) is 12.1. The highest BCUT2D eigenvalue weighted by atomic mass is 16.5. The van der Waals surface area contributed by atoms with Crippen molar-refractivity contribution in [3.63, 3.8) is 0 Å². The Morgan fingerprint density at radius 3 is 2.60 bits per heavy atom. The van der Waals surface area contributed by atoms with Gasteiger partial charge in [0.1, 0.15) is 0 Å². The molecule has 2 aliphatic rings. The molecule has 3 nitrogen and oxygen atoms in total. The first-order valence-corrected chi connectivity index (χ1v) is 7.67. The van der Waals surface area contributed by atoms with Crippen molar-refractivity contribution in [1.29, 1.82) is 0 Å². The fourth-order valence-corrected chi connectivity index (χ4v) is 3.36. The second kappa shape index (κ2) is 5.96. The van der Waals surface area contributed by atoms with E-state index in [1.54, 1.807) is 7.11 Å². The van der Waals surface area contributed by atoms with Crippen molar-refractivity contribution in [3.8, 4) is 0 Å². The summed E-state index contributed by atoms with van der Waals surface area (Å²) in [4.78, 5) is 14.6. The van der Waals surface area contributed by atoms with Crippen molar-refractivity contribution >= 4 is 5.91 Å². The molecule has 20 heavy (non-hydrogen) atoms. The van der Waals surface area contributed by atoms with E-state index in [1.165, 1.54) is 12.0 Å². The molecule has 1 aromatic carbocycles. The minimum absolute atomic E-state index is 0.180. The smallest absolute Gasteiger partial charge is 0.226 e. The maximum Gasteiger partial charge on any atom is 0.226 e. The Balaban J connectivity index is 1.73.